The van der Waals surface area contributed by atoms with E-state index in [4.69, 9.17) is 14.9 Å². The highest BCUT2D eigenvalue weighted by Crippen LogP contribution is 2.30. The first-order valence-corrected chi connectivity index (χ1v) is 11.9. The van der Waals surface area contributed by atoms with Crippen molar-refractivity contribution >= 4 is 0 Å². The molecule has 0 bridgehead atoms. The second-order valence-corrected chi connectivity index (χ2v) is 8.15. The van der Waals surface area contributed by atoms with Crippen molar-refractivity contribution in [3.63, 3.8) is 0 Å². The second-order valence-electron chi connectivity index (χ2n) is 8.15. The number of aliphatic hydroxyl groups excluding tert-OH is 2. The van der Waals surface area contributed by atoms with Crippen molar-refractivity contribution < 1.29 is 14.9 Å². The molecule has 0 radical (unpaired) electrons. The summed E-state index contributed by atoms with van der Waals surface area (Å²) in [5, 5.41) is 15.7. The van der Waals surface area contributed by atoms with Gasteiger partial charge in [0.25, 0.3) is 0 Å². The molecule has 1 aliphatic carbocycles. The van der Waals surface area contributed by atoms with Gasteiger partial charge in [-0.3, -0.25) is 0 Å². The van der Waals surface area contributed by atoms with E-state index in [1.807, 2.05) is 13.8 Å². The zero-order valence-corrected chi connectivity index (χ0v) is 20.3. The summed E-state index contributed by atoms with van der Waals surface area (Å²) in [6, 6.07) is 0.837. The molecule has 28 heavy (non-hydrogen) atoms. The molecule has 4 nitrogen and oxygen atoms in total. The lowest BCUT2D eigenvalue weighted by Crippen LogP contribution is -2.33. The van der Waals surface area contributed by atoms with Crippen LogP contribution in [0, 0.1) is 11.8 Å². The standard InChI is InChI=1S/C14H28O2.C7H15N.C2H6.CH4O/c1-3-12(2)4-5-13-6-8-14(9-7-13)16-11-10-15;1-7-5-3-4-6-8(7)2;2*1-2/h12-15H,3-11H2,1-2H3;7H,3-6H2,1-2H3;1-2H3;2H,1H3. The number of hydrogen-bond acceptors (Lipinski definition) is 4. The molecular formula is C24H53NO3. The monoisotopic (exact) mass is 403 g/mol. The highest BCUT2D eigenvalue weighted by atomic mass is 16.5. The third-order valence-corrected chi connectivity index (χ3v) is 6.14. The van der Waals surface area contributed by atoms with Gasteiger partial charge >= 0.3 is 0 Å². The molecule has 0 aromatic heterocycles. The molecule has 2 fully saturated rings. The van der Waals surface area contributed by atoms with Gasteiger partial charge in [0.2, 0.25) is 0 Å². The Hall–Kier alpha value is -0.160. The number of nitrogens with zero attached hydrogens (tertiary/aromatic N) is 1. The van der Waals surface area contributed by atoms with E-state index in [1.54, 1.807) is 0 Å². The molecule has 0 amide bonds. The van der Waals surface area contributed by atoms with Gasteiger partial charge in [0, 0.05) is 13.2 Å². The van der Waals surface area contributed by atoms with Gasteiger partial charge in [0.1, 0.15) is 0 Å². The van der Waals surface area contributed by atoms with Crippen LogP contribution in [0.3, 0.4) is 0 Å². The van der Waals surface area contributed by atoms with Gasteiger partial charge < -0.3 is 19.8 Å². The molecule has 0 aromatic rings. The Labute approximate surface area is 177 Å². The minimum Gasteiger partial charge on any atom is -0.400 e. The van der Waals surface area contributed by atoms with Gasteiger partial charge in [0.15, 0.2) is 0 Å². The van der Waals surface area contributed by atoms with E-state index in [2.05, 4.69) is 32.7 Å². The van der Waals surface area contributed by atoms with Crippen molar-refractivity contribution in [2.24, 2.45) is 11.8 Å². The summed E-state index contributed by atoms with van der Waals surface area (Å²) in [4.78, 5) is 2.43. The number of ether oxygens (including phenoxy) is 1. The minimum absolute atomic E-state index is 0.161. The number of hydrogen-bond donors (Lipinski definition) is 2. The van der Waals surface area contributed by atoms with Crippen LogP contribution in [0.2, 0.25) is 0 Å². The van der Waals surface area contributed by atoms with Crippen LogP contribution >= 0.6 is 0 Å². The van der Waals surface area contributed by atoms with E-state index in [0.29, 0.717) is 12.7 Å². The first-order valence-electron chi connectivity index (χ1n) is 11.9. The maximum absolute atomic E-state index is 8.70. The summed E-state index contributed by atoms with van der Waals surface area (Å²) in [5.74, 6) is 1.83. The normalized spacial score (nSPS) is 25.8. The molecule has 172 valence electrons. The Balaban J connectivity index is 0. The zero-order chi connectivity index (χ0) is 21.8. The largest absolute Gasteiger partial charge is 0.400 e. The third kappa shape index (κ3) is 15.7. The van der Waals surface area contributed by atoms with Crippen LogP contribution in [0.1, 0.15) is 98.8 Å². The SMILES string of the molecule is CC.CC1CCCCN1C.CCC(C)CCC1CCC(OCCO)CC1.CO. The summed E-state index contributed by atoms with van der Waals surface area (Å²) < 4.78 is 5.58. The molecule has 2 atom stereocenters. The Kier molecular flexibility index (Phi) is 23.1. The molecule has 0 aromatic carbocycles. The van der Waals surface area contributed by atoms with E-state index in [0.717, 1.165) is 25.0 Å². The Morgan fingerprint density at radius 1 is 1.04 bits per heavy atom. The van der Waals surface area contributed by atoms with Crippen molar-refractivity contribution in [1.82, 2.24) is 4.90 Å². The molecule has 4 heteroatoms. The topological polar surface area (TPSA) is 52.9 Å². The molecule has 2 N–H and O–H groups in total. The van der Waals surface area contributed by atoms with Crippen LogP contribution in [-0.4, -0.2) is 61.2 Å². The van der Waals surface area contributed by atoms with Gasteiger partial charge in [-0.05, 0) is 70.9 Å². The van der Waals surface area contributed by atoms with E-state index < -0.39 is 0 Å². The average molecular weight is 404 g/mol. The quantitative estimate of drug-likeness (QED) is 0.589. The fraction of sp³-hybridized carbons (Fsp3) is 1.00. The lowest BCUT2D eigenvalue weighted by molar-refractivity contribution is -0.000566. The lowest BCUT2D eigenvalue weighted by atomic mass is 9.83. The summed E-state index contributed by atoms with van der Waals surface area (Å²) in [6.07, 6.45) is 13.8. The Bertz CT molecular complexity index is 284. The fourth-order valence-electron chi connectivity index (χ4n) is 3.77. The maximum Gasteiger partial charge on any atom is 0.0701 e. The van der Waals surface area contributed by atoms with Gasteiger partial charge in [0.05, 0.1) is 19.3 Å². The molecule has 2 unspecified atom stereocenters. The van der Waals surface area contributed by atoms with Crippen LogP contribution in [0.15, 0.2) is 0 Å². The van der Waals surface area contributed by atoms with Crippen LogP contribution in [0.5, 0.6) is 0 Å². The number of aliphatic hydroxyl groups is 2. The molecular weight excluding hydrogens is 350 g/mol. The summed E-state index contributed by atoms with van der Waals surface area (Å²) >= 11 is 0. The smallest absolute Gasteiger partial charge is 0.0701 e. The van der Waals surface area contributed by atoms with E-state index in [-0.39, 0.29) is 6.61 Å². The fourth-order valence-corrected chi connectivity index (χ4v) is 3.77. The van der Waals surface area contributed by atoms with Gasteiger partial charge in [-0.1, -0.05) is 53.4 Å². The highest BCUT2D eigenvalue weighted by Gasteiger charge is 2.21. The van der Waals surface area contributed by atoms with E-state index in [9.17, 15) is 0 Å². The van der Waals surface area contributed by atoms with E-state index in [1.165, 1.54) is 70.8 Å². The molecule has 1 aliphatic heterocycles. The summed E-state index contributed by atoms with van der Waals surface area (Å²) in [7, 11) is 3.21. The van der Waals surface area contributed by atoms with Crippen molar-refractivity contribution in [2.45, 2.75) is 111 Å². The van der Waals surface area contributed by atoms with Gasteiger partial charge in [-0.15, -0.1) is 0 Å². The van der Waals surface area contributed by atoms with Crippen LogP contribution in [-0.2, 0) is 4.74 Å². The number of rotatable bonds is 7. The maximum atomic E-state index is 8.70. The summed E-state index contributed by atoms with van der Waals surface area (Å²) in [5.41, 5.74) is 0. The number of likely N-dealkylation sites (tertiary alicyclic amines) is 1. The third-order valence-electron chi connectivity index (χ3n) is 6.14. The Morgan fingerprint density at radius 2 is 1.64 bits per heavy atom. The zero-order valence-electron chi connectivity index (χ0n) is 20.3. The number of piperidine rings is 1. The average Bonchev–Trinajstić information content (AvgIpc) is 2.76. The van der Waals surface area contributed by atoms with Gasteiger partial charge in [-0.25, -0.2) is 0 Å². The first-order chi connectivity index (χ1) is 13.6. The van der Waals surface area contributed by atoms with E-state index >= 15 is 0 Å². The van der Waals surface area contributed by atoms with Crippen molar-refractivity contribution in [3.05, 3.63) is 0 Å². The van der Waals surface area contributed by atoms with Gasteiger partial charge in [-0.2, -0.15) is 0 Å². The first kappa shape index (κ1) is 30.0. The van der Waals surface area contributed by atoms with Crippen molar-refractivity contribution in [3.8, 4) is 0 Å². The molecule has 2 rings (SSSR count). The van der Waals surface area contributed by atoms with Crippen LogP contribution in [0.25, 0.3) is 0 Å². The van der Waals surface area contributed by atoms with Crippen LogP contribution in [0.4, 0.5) is 0 Å². The lowest BCUT2D eigenvalue weighted by Gasteiger charge is -2.29. The molecule has 2 aliphatic rings. The predicted octanol–water partition coefficient (Wildman–Crippen LogP) is 5.51. The molecule has 1 heterocycles. The molecule has 0 spiro atoms. The predicted molar refractivity (Wildman–Crippen MR) is 123 cm³/mol. The van der Waals surface area contributed by atoms with Crippen LogP contribution < -0.4 is 0 Å². The Morgan fingerprint density at radius 3 is 2.07 bits per heavy atom. The molecule has 1 saturated carbocycles. The van der Waals surface area contributed by atoms with Crippen molar-refractivity contribution in [2.75, 3.05) is 33.9 Å². The second kappa shape index (κ2) is 21.5. The molecule has 1 saturated heterocycles. The summed E-state index contributed by atoms with van der Waals surface area (Å²) in [6.45, 7) is 12.9. The van der Waals surface area contributed by atoms with Crippen molar-refractivity contribution in [1.29, 1.82) is 0 Å². The minimum atomic E-state index is 0.161. The highest BCUT2D eigenvalue weighted by molar-refractivity contribution is 4.73.